The van der Waals surface area contributed by atoms with Crippen LogP contribution in [-0.2, 0) is 14.3 Å². The number of hydrogen-bond donors (Lipinski definition) is 0. The molecule has 186 valence electrons. The molecule has 2 aliphatic heterocycles. The van der Waals surface area contributed by atoms with E-state index in [1.165, 1.54) is 32.1 Å². The van der Waals surface area contributed by atoms with E-state index in [2.05, 4.69) is 34.6 Å². The third kappa shape index (κ3) is 3.02. The van der Waals surface area contributed by atoms with Gasteiger partial charge in [-0.25, -0.2) is 0 Å². The van der Waals surface area contributed by atoms with Crippen LogP contribution in [0.5, 0.6) is 0 Å². The van der Waals surface area contributed by atoms with Crippen LogP contribution in [0.25, 0.3) is 0 Å². The summed E-state index contributed by atoms with van der Waals surface area (Å²) in [6, 6.07) is 0. The van der Waals surface area contributed by atoms with Crippen molar-refractivity contribution in [3.63, 3.8) is 0 Å². The molecule has 0 amide bonds. The molecule has 2 saturated heterocycles. The lowest BCUT2D eigenvalue weighted by Crippen LogP contribution is -2.70. The predicted octanol–water partition coefficient (Wildman–Crippen LogP) is 7.01. The van der Waals surface area contributed by atoms with Crippen LogP contribution in [0, 0.1) is 50.7 Å². The van der Waals surface area contributed by atoms with E-state index in [4.69, 9.17) is 4.74 Å². The average molecular weight is 457 g/mol. The number of Topliss-reactive ketones (excluding diaryl/α,β-unsaturated/α-hetero) is 2. The molecular formula is C30H48O3. The molecule has 4 saturated carbocycles. The van der Waals surface area contributed by atoms with Crippen molar-refractivity contribution in [1.82, 2.24) is 0 Å². The van der Waals surface area contributed by atoms with Crippen molar-refractivity contribution < 1.29 is 14.3 Å². The highest BCUT2D eigenvalue weighted by atomic mass is 16.5. The molecule has 33 heavy (non-hydrogen) atoms. The van der Waals surface area contributed by atoms with Gasteiger partial charge in [0.05, 0.1) is 12.7 Å². The first-order chi connectivity index (χ1) is 15.3. The van der Waals surface area contributed by atoms with Crippen molar-refractivity contribution in [2.24, 2.45) is 50.7 Å². The first kappa shape index (κ1) is 24.0. The van der Waals surface area contributed by atoms with Crippen LogP contribution >= 0.6 is 0 Å². The first-order valence-corrected chi connectivity index (χ1v) is 14.0. The average Bonchev–Trinajstić information content (AvgIpc) is 2.76. The zero-order valence-electron chi connectivity index (χ0n) is 22.4. The van der Waals surface area contributed by atoms with Gasteiger partial charge in [0.15, 0.2) is 0 Å². The van der Waals surface area contributed by atoms with Gasteiger partial charge in [0.25, 0.3) is 0 Å². The van der Waals surface area contributed by atoms with Crippen molar-refractivity contribution in [1.29, 1.82) is 0 Å². The summed E-state index contributed by atoms with van der Waals surface area (Å²) in [7, 11) is 0. The van der Waals surface area contributed by atoms with Gasteiger partial charge in [0, 0.05) is 29.1 Å². The summed E-state index contributed by atoms with van der Waals surface area (Å²) in [6.07, 6.45) is 11.2. The van der Waals surface area contributed by atoms with Gasteiger partial charge in [0.1, 0.15) is 11.6 Å². The van der Waals surface area contributed by atoms with Gasteiger partial charge in [-0.1, -0.05) is 48.5 Å². The number of fused-ring (bicyclic) bond motifs is 5. The molecule has 2 heterocycles. The molecule has 0 aromatic rings. The SMILES string of the molecule is CC(C)C(=O)CC[C@]1(C)CC[C@]2(C)[C@H](CC[C@@H]3[C@]45CC[C@H](OC4)C(C)(C)[C@@H]5CC[C@]32C)C1=O. The standard InChI is InChI=1S/C30H48O3/c1-19(2)21(31)10-13-27(5)16-17-28(6)20(25(27)32)8-9-23-29(28,7)14-11-22-26(3,4)24-12-15-30(22,23)18-33-24/h19-20,22-24H,8-18H2,1-7H3/t20-,22+,23+,24+,27-,28-,29-,30-/m1/s1. The molecule has 0 aromatic heterocycles. The lowest BCUT2D eigenvalue weighted by atomic mass is 9.32. The van der Waals surface area contributed by atoms with E-state index in [9.17, 15) is 9.59 Å². The Hall–Kier alpha value is -0.700. The van der Waals surface area contributed by atoms with Crippen molar-refractivity contribution >= 4 is 11.6 Å². The van der Waals surface area contributed by atoms with Crippen LogP contribution in [0.3, 0.4) is 0 Å². The van der Waals surface area contributed by atoms with Crippen molar-refractivity contribution in [3.8, 4) is 0 Å². The van der Waals surface area contributed by atoms with E-state index < -0.39 is 0 Å². The van der Waals surface area contributed by atoms with Crippen molar-refractivity contribution in [3.05, 3.63) is 0 Å². The van der Waals surface area contributed by atoms with E-state index in [1.807, 2.05) is 13.8 Å². The minimum atomic E-state index is -0.318. The number of carbonyl (C=O) groups excluding carboxylic acids is 2. The third-order valence-electron chi connectivity index (χ3n) is 12.8. The number of ketones is 2. The summed E-state index contributed by atoms with van der Waals surface area (Å²) in [5, 5.41) is 0. The zero-order valence-corrected chi connectivity index (χ0v) is 22.4. The lowest BCUT2D eigenvalue weighted by Gasteiger charge is -2.74. The maximum Gasteiger partial charge on any atom is 0.142 e. The maximum atomic E-state index is 14.1. The molecule has 0 radical (unpaired) electrons. The van der Waals surface area contributed by atoms with Gasteiger partial charge in [-0.3, -0.25) is 9.59 Å². The fourth-order valence-corrected chi connectivity index (χ4v) is 10.3. The second kappa shape index (κ2) is 7.40. The summed E-state index contributed by atoms with van der Waals surface area (Å²) in [6.45, 7) is 17.1. The maximum absolute atomic E-state index is 14.1. The third-order valence-corrected chi connectivity index (χ3v) is 12.8. The lowest BCUT2D eigenvalue weighted by molar-refractivity contribution is -0.299. The Bertz CT molecular complexity index is 833. The Morgan fingerprint density at radius 1 is 0.909 bits per heavy atom. The normalized spacial score (nSPS) is 50.5. The molecule has 0 aromatic carbocycles. The van der Waals surface area contributed by atoms with E-state index in [-0.39, 0.29) is 33.5 Å². The molecule has 0 unspecified atom stereocenters. The number of hydrogen-bond acceptors (Lipinski definition) is 3. The molecule has 0 N–H and O–H groups in total. The highest BCUT2D eigenvalue weighted by Crippen LogP contribution is 2.75. The molecular weight excluding hydrogens is 408 g/mol. The Balaban J connectivity index is 1.44. The quantitative estimate of drug-likeness (QED) is 0.457. The molecule has 3 heteroatoms. The fourth-order valence-electron chi connectivity index (χ4n) is 10.3. The summed E-state index contributed by atoms with van der Waals surface area (Å²) < 4.78 is 6.54. The number of carbonyl (C=O) groups is 2. The van der Waals surface area contributed by atoms with Crippen LogP contribution in [0.2, 0.25) is 0 Å². The minimum absolute atomic E-state index is 0.0680. The van der Waals surface area contributed by atoms with Crippen LogP contribution in [0.15, 0.2) is 0 Å². The molecule has 1 spiro atoms. The molecule has 6 fully saturated rings. The van der Waals surface area contributed by atoms with Gasteiger partial charge >= 0.3 is 0 Å². The van der Waals surface area contributed by atoms with E-state index in [0.717, 1.165) is 38.2 Å². The summed E-state index contributed by atoms with van der Waals surface area (Å²) in [5.41, 5.74) is 0.557. The summed E-state index contributed by atoms with van der Waals surface area (Å²) >= 11 is 0. The van der Waals surface area contributed by atoms with Crippen LogP contribution in [0.4, 0.5) is 0 Å². The fraction of sp³-hybridized carbons (Fsp3) is 0.933. The van der Waals surface area contributed by atoms with Crippen molar-refractivity contribution in [2.45, 2.75) is 119 Å². The highest BCUT2D eigenvalue weighted by Gasteiger charge is 2.71. The second-order valence-electron chi connectivity index (χ2n) is 14.5. The highest BCUT2D eigenvalue weighted by molar-refractivity contribution is 5.89. The minimum Gasteiger partial charge on any atom is -0.377 e. The van der Waals surface area contributed by atoms with Crippen LogP contribution in [0.1, 0.15) is 113 Å². The molecule has 6 aliphatic rings. The van der Waals surface area contributed by atoms with E-state index in [0.29, 0.717) is 35.4 Å². The van der Waals surface area contributed by atoms with E-state index >= 15 is 0 Å². The molecule has 3 nitrogen and oxygen atoms in total. The van der Waals surface area contributed by atoms with Gasteiger partial charge in [-0.15, -0.1) is 0 Å². The van der Waals surface area contributed by atoms with Gasteiger partial charge < -0.3 is 4.74 Å². The smallest absolute Gasteiger partial charge is 0.142 e. The zero-order chi connectivity index (χ0) is 24.0. The largest absolute Gasteiger partial charge is 0.377 e. The van der Waals surface area contributed by atoms with Gasteiger partial charge in [-0.05, 0) is 85.9 Å². The Kier molecular flexibility index (Phi) is 5.39. The van der Waals surface area contributed by atoms with E-state index in [1.54, 1.807) is 0 Å². The summed E-state index contributed by atoms with van der Waals surface area (Å²) in [5.74, 6) is 2.45. The Morgan fingerprint density at radius 2 is 1.64 bits per heavy atom. The molecule has 6 rings (SSSR count). The van der Waals surface area contributed by atoms with Crippen LogP contribution < -0.4 is 0 Å². The molecule has 2 bridgehead atoms. The van der Waals surface area contributed by atoms with Crippen molar-refractivity contribution in [2.75, 3.05) is 6.61 Å². The predicted molar refractivity (Wildman–Crippen MR) is 132 cm³/mol. The van der Waals surface area contributed by atoms with Gasteiger partial charge in [0.2, 0.25) is 0 Å². The molecule has 8 atom stereocenters. The topological polar surface area (TPSA) is 43.4 Å². The van der Waals surface area contributed by atoms with Gasteiger partial charge in [-0.2, -0.15) is 0 Å². The second-order valence-corrected chi connectivity index (χ2v) is 14.5. The number of rotatable bonds is 4. The van der Waals surface area contributed by atoms with Crippen LogP contribution in [-0.4, -0.2) is 24.3 Å². The Labute approximate surface area is 202 Å². The first-order valence-electron chi connectivity index (χ1n) is 14.0. The summed E-state index contributed by atoms with van der Waals surface area (Å²) in [4.78, 5) is 26.4. The Morgan fingerprint density at radius 3 is 2.27 bits per heavy atom. The number of ether oxygens (including phenoxy) is 1. The monoisotopic (exact) mass is 456 g/mol. The molecule has 4 aliphatic carbocycles.